The molecule has 2 unspecified atom stereocenters. The number of para-hydroxylation sites is 1. The molecule has 0 spiro atoms. The molecule has 1 heterocycles. The summed E-state index contributed by atoms with van der Waals surface area (Å²) in [6.45, 7) is 7.30. The van der Waals surface area contributed by atoms with Crippen LogP contribution in [0.1, 0.15) is 20.3 Å². The Labute approximate surface area is 126 Å². The van der Waals surface area contributed by atoms with Crippen molar-refractivity contribution in [1.82, 2.24) is 4.90 Å². The van der Waals surface area contributed by atoms with Crippen molar-refractivity contribution in [2.45, 2.75) is 26.3 Å². The number of halogens is 1. The first-order valence-electron chi connectivity index (χ1n) is 7.34. The molecule has 1 N–H and O–H groups in total. The van der Waals surface area contributed by atoms with E-state index in [4.69, 9.17) is 16.3 Å². The number of likely N-dealkylation sites (tertiary alicyclic amines) is 1. The highest BCUT2D eigenvalue weighted by Gasteiger charge is 2.30. The molecule has 0 aromatic heterocycles. The number of nitrogens with zero attached hydrogens (tertiary/aromatic N) is 1. The van der Waals surface area contributed by atoms with Crippen LogP contribution in [0.4, 0.5) is 0 Å². The highest BCUT2D eigenvalue weighted by atomic mass is 35.5. The van der Waals surface area contributed by atoms with E-state index in [1.807, 2.05) is 24.3 Å². The maximum absolute atomic E-state index is 9.63. The highest BCUT2D eigenvalue weighted by molar-refractivity contribution is 6.32. The van der Waals surface area contributed by atoms with Gasteiger partial charge in [0.15, 0.2) is 0 Å². The van der Waals surface area contributed by atoms with E-state index in [1.54, 1.807) is 0 Å². The summed E-state index contributed by atoms with van der Waals surface area (Å²) in [6, 6.07) is 8.05. The summed E-state index contributed by atoms with van der Waals surface area (Å²) in [7, 11) is 0. The first kappa shape index (κ1) is 15.6. The molecule has 0 radical (unpaired) electrons. The second-order valence-electron chi connectivity index (χ2n) is 5.82. The first-order valence-corrected chi connectivity index (χ1v) is 7.72. The van der Waals surface area contributed by atoms with Crippen LogP contribution in [-0.4, -0.2) is 42.4 Å². The van der Waals surface area contributed by atoms with Gasteiger partial charge in [-0.2, -0.15) is 0 Å². The molecule has 1 aliphatic heterocycles. The standard InChI is InChI=1S/C16H24ClNO2/c1-12(2)18-8-7-13(9-18)14(10-19)11-20-16-6-4-3-5-15(16)17/h3-6,12-14,19H,7-11H2,1-2H3. The molecule has 0 aliphatic carbocycles. The van der Waals surface area contributed by atoms with E-state index in [2.05, 4.69) is 18.7 Å². The van der Waals surface area contributed by atoms with Gasteiger partial charge in [-0.15, -0.1) is 0 Å². The lowest BCUT2D eigenvalue weighted by atomic mass is 9.93. The van der Waals surface area contributed by atoms with Crippen LogP contribution in [0.25, 0.3) is 0 Å². The second kappa shape index (κ2) is 7.30. The van der Waals surface area contributed by atoms with Crippen molar-refractivity contribution in [2.24, 2.45) is 11.8 Å². The average molecular weight is 298 g/mol. The summed E-state index contributed by atoms with van der Waals surface area (Å²) in [4.78, 5) is 2.46. The maximum Gasteiger partial charge on any atom is 0.137 e. The molecule has 2 atom stereocenters. The van der Waals surface area contributed by atoms with Crippen molar-refractivity contribution < 1.29 is 9.84 Å². The zero-order valence-electron chi connectivity index (χ0n) is 12.3. The van der Waals surface area contributed by atoms with Gasteiger partial charge in [-0.25, -0.2) is 0 Å². The lowest BCUT2D eigenvalue weighted by Gasteiger charge is -2.24. The van der Waals surface area contributed by atoms with Crippen LogP contribution in [0.15, 0.2) is 24.3 Å². The van der Waals surface area contributed by atoms with E-state index in [0.29, 0.717) is 29.3 Å². The minimum atomic E-state index is 0.168. The maximum atomic E-state index is 9.63. The van der Waals surface area contributed by atoms with Gasteiger partial charge in [0.1, 0.15) is 5.75 Å². The molecular formula is C16H24ClNO2. The Hall–Kier alpha value is -0.770. The van der Waals surface area contributed by atoms with Gasteiger partial charge in [-0.3, -0.25) is 0 Å². The van der Waals surface area contributed by atoms with E-state index in [9.17, 15) is 5.11 Å². The van der Waals surface area contributed by atoms with E-state index >= 15 is 0 Å². The molecule has 1 saturated heterocycles. The van der Waals surface area contributed by atoms with Gasteiger partial charge in [-0.05, 0) is 44.9 Å². The summed E-state index contributed by atoms with van der Waals surface area (Å²) in [5, 5.41) is 10.3. The van der Waals surface area contributed by atoms with E-state index in [-0.39, 0.29) is 12.5 Å². The van der Waals surface area contributed by atoms with Crippen molar-refractivity contribution in [1.29, 1.82) is 0 Å². The molecule has 112 valence electrons. The predicted molar refractivity (Wildman–Crippen MR) is 82.3 cm³/mol. The normalized spacial score (nSPS) is 21.4. The molecule has 1 aromatic rings. The lowest BCUT2D eigenvalue weighted by molar-refractivity contribution is 0.116. The Kier molecular flexibility index (Phi) is 5.70. The Bertz CT molecular complexity index is 425. The van der Waals surface area contributed by atoms with Crippen LogP contribution in [0.2, 0.25) is 5.02 Å². The van der Waals surface area contributed by atoms with Gasteiger partial charge in [0.25, 0.3) is 0 Å². The summed E-state index contributed by atoms with van der Waals surface area (Å²) in [6.07, 6.45) is 1.13. The summed E-state index contributed by atoms with van der Waals surface area (Å²) < 4.78 is 5.79. The SMILES string of the molecule is CC(C)N1CCC(C(CO)COc2ccccc2Cl)C1. The fourth-order valence-electron chi connectivity index (χ4n) is 2.77. The van der Waals surface area contributed by atoms with Crippen molar-refractivity contribution in [3.8, 4) is 5.75 Å². The first-order chi connectivity index (χ1) is 9.61. The average Bonchev–Trinajstić information content (AvgIpc) is 2.91. The lowest BCUT2D eigenvalue weighted by Crippen LogP contribution is -2.31. The molecule has 1 aliphatic rings. The fraction of sp³-hybridized carbons (Fsp3) is 0.625. The Balaban J connectivity index is 1.89. The van der Waals surface area contributed by atoms with Crippen molar-refractivity contribution >= 4 is 11.6 Å². The summed E-state index contributed by atoms with van der Waals surface area (Å²) in [5.74, 6) is 1.38. The molecular weight excluding hydrogens is 274 g/mol. The topological polar surface area (TPSA) is 32.7 Å². The van der Waals surface area contributed by atoms with Crippen LogP contribution in [0.5, 0.6) is 5.75 Å². The van der Waals surface area contributed by atoms with Gasteiger partial charge < -0.3 is 14.7 Å². The quantitative estimate of drug-likeness (QED) is 0.876. The van der Waals surface area contributed by atoms with Gasteiger partial charge in [0.2, 0.25) is 0 Å². The van der Waals surface area contributed by atoms with E-state index < -0.39 is 0 Å². The van der Waals surface area contributed by atoms with E-state index in [1.165, 1.54) is 0 Å². The minimum Gasteiger partial charge on any atom is -0.492 e. The molecule has 0 amide bonds. The Morgan fingerprint density at radius 2 is 2.15 bits per heavy atom. The monoisotopic (exact) mass is 297 g/mol. The van der Waals surface area contributed by atoms with Gasteiger partial charge in [0.05, 0.1) is 11.6 Å². The van der Waals surface area contributed by atoms with Crippen LogP contribution in [-0.2, 0) is 0 Å². The van der Waals surface area contributed by atoms with Crippen molar-refractivity contribution in [3.63, 3.8) is 0 Å². The Morgan fingerprint density at radius 3 is 2.75 bits per heavy atom. The second-order valence-corrected chi connectivity index (χ2v) is 6.23. The molecule has 1 fully saturated rings. The molecule has 0 bridgehead atoms. The number of ether oxygens (including phenoxy) is 1. The Morgan fingerprint density at radius 1 is 1.40 bits per heavy atom. The van der Waals surface area contributed by atoms with Gasteiger partial charge >= 0.3 is 0 Å². The third-order valence-electron chi connectivity index (χ3n) is 4.18. The van der Waals surface area contributed by atoms with Gasteiger partial charge in [-0.1, -0.05) is 23.7 Å². The zero-order chi connectivity index (χ0) is 14.5. The number of aliphatic hydroxyl groups excluding tert-OH is 1. The third-order valence-corrected chi connectivity index (χ3v) is 4.49. The van der Waals surface area contributed by atoms with E-state index in [0.717, 1.165) is 19.5 Å². The number of hydrogen-bond acceptors (Lipinski definition) is 3. The van der Waals surface area contributed by atoms with Gasteiger partial charge in [0, 0.05) is 25.1 Å². The third kappa shape index (κ3) is 3.87. The zero-order valence-corrected chi connectivity index (χ0v) is 13.0. The molecule has 2 rings (SSSR count). The number of rotatable bonds is 6. The fourth-order valence-corrected chi connectivity index (χ4v) is 2.96. The van der Waals surface area contributed by atoms with Crippen molar-refractivity contribution in [2.75, 3.05) is 26.3 Å². The predicted octanol–water partition coefficient (Wildman–Crippen LogP) is 3.06. The summed E-state index contributed by atoms with van der Waals surface area (Å²) >= 11 is 6.08. The number of aliphatic hydroxyl groups is 1. The van der Waals surface area contributed by atoms with Crippen LogP contribution < -0.4 is 4.74 Å². The molecule has 4 heteroatoms. The molecule has 20 heavy (non-hydrogen) atoms. The highest BCUT2D eigenvalue weighted by Crippen LogP contribution is 2.28. The van der Waals surface area contributed by atoms with Crippen LogP contribution >= 0.6 is 11.6 Å². The number of hydrogen-bond donors (Lipinski definition) is 1. The molecule has 1 aromatic carbocycles. The smallest absolute Gasteiger partial charge is 0.137 e. The van der Waals surface area contributed by atoms with Crippen LogP contribution in [0, 0.1) is 11.8 Å². The minimum absolute atomic E-state index is 0.168. The largest absolute Gasteiger partial charge is 0.492 e. The molecule has 3 nitrogen and oxygen atoms in total. The number of benzene rings is 1. The van der Waals surface area contributed by atoms with Crippen LogP contribution in [0.3, 0.4) is 0 Å². The summed E-state index contributed by atoms with van der Waals surface area (Å²) in [5.41, 5.74) is 0. The van der Waals surface area contributed by atoms with Crippen molar-refractivity contribution in [3.05, 3.63) is 29.3 Å². The molecule has 0 saturated carbocycles.